The summed E-state index contributed by atoms with van der Waals surface area (Å²) in [5.41, 5.74) is 1.97. The van der Waals surface area contributed by atoms with E-state index in [1.165, 1.54) is 13.2 Å². The van der Waals surface area contributed by atoms with Crippen molar-refractivity contribution in [2.45, 2.75) is 6.92 Å². The van der Waals surface area contributed by atoms with Gasteiger partial charge in [0.05, 0.1) is 24.0 Å². The highest BCUT2D eigenvalue weighted by molar-refractivity contribution is 6.32. The van der Waals surface area contributed by atoms with E-state index < -0.39 is 29.7 Å². The van der Waals surface area contributed by atoms with Gasteiger partial charge in [0.2, 0.25) is 5.91 Å². The minimum atomic E-state index is -1.28. The van der Waals surface area contributed by atoms with Crippen LogP contribution < -0.4 is 10.2 Å². The van der Waals surface area contributed by atoms with Crippen molar-refractivity contribution in [1.82, 2.24) is 5.32 Å². The number of anilines is 1. The molecule has 0 spiro atoms. The van der Waals surface area contributed by atoms with Crippen LogP contribution in [0.4, 0.5) is 16.2 Å². The number of methoxy groups -OCH3 is 1. The molecule has 0 aliphatic carbocycles. The van der Waals surface area contributed by atoms with Gasteiger partial charge in [-0.15, -0.1) is 0 Å². The smallest absolute Gasteiger partial charge is 0.337 e. The number of hydrogen-bond acceptors (Lipinski definition) is 6. The molecule has 2 aromatic rings. The largest absolute Gasteiger partial charge is 0.465 e. The van der Waals surface area contributed by atoms with Crippen molar-refractivity contribution in [1.29, 1.82) is 0 Å². The summed E-state index contributed by atoms with van der Waals surface area (Å²) < 4.78 is 4.65. The number of nitrogens with one attached hydrogen (secondary N) is 1. The fraction of sp³-hybridized carbons (Fsp3) is 0.150. The molecule has 0 bridgehead atoms. The molecule has 1 aliphatic rings. The average Bonchev–Trinajstić information content (AvgIpc) is 2.68. The first-order valence-electron chi connectivity index (χ1n) is 8.38. The lowest BCUT2D eigenvalue weighted by atomic mass is 10.1. The van der Waals surface area contributed by atoms with E-state index in [2.05, 4.69) is 15.0 Å². The monoisotopic (exact) mass is 379 g/mol. The molecule has 142 valence electrons. The Morgan fingerprint density at radius 2 is 1.86 bits per heavy atom. The normalized spacial score (nSPS) is 17.0. The lowest BCUT2D eigenvalue weighted by Crippen LogP contribution is -2.58. The molecule has 8 heteroatoms. The average molecular weight is 379 g/mol. The number of benzene rings is 2. The molecular formula is C20H17N3O5. The quantitative estimate of drug-likeness (QED) is 0.499. The molecule has 28 heavy (non-hydrogen) atoms. The number of esters is 1. The number of hydrogen-bond donors (Lipinski definition) is 1. The van der Waals surface area contributed by atoms with Gasteiger partial charge in [0.1, 0.15) is 0 Å². The fourth-order valence-corrected chi connectivity index (χ4v) is 2.65. The van der Waals surface area contributed by atoms with Crippen LogP contribution in [0.5, 0.6) is 0 Å². The number of rotatable bonds is 4. The molecule has 1 fully saturated rings. The van der Waals surface area contributed by atoms with Gasteiger partial charge in [0.25, 0.3) is 5.91 Å². The van der Waals surface area contributed by atoms with Gasteiger partial charge in [0.15, 0.2) is 5.92 Å². The molecule has 1 N–H and O–H groups in total. The number of ether oxygens (including phenoxy) is 1. The molecule has 1 heterocycles. The van der Waals surface area contributed by atoms with Crippen LogP contribution in [0.1, 0.15) is 15.9 Å². The highest BCUT2D eigenvalue weighted by Crippen LogP contribution is 2.21. The van der Waals surface area contributed by atoms with E-state index in [1.54, 1.807) is 42.5 Å². The van der Waals surface area contributed by atoms with Crippen molar-refractivity contribution in [2.75, 3.05) is 12.0 Å². The molecule has 0 saturated carbocycles. The Hall–Kier alpha value is -3.81. The maximum absolute atomic E-state index is 12.8. The van der Waals surface area contributed by atoms with Crippen LogP contribution >= 0.6 is 0 Å². The zero-order valence-electron chi connectivity index (χ0n) is 15.2. The molecule has 1 atom stereocenters. The number of amides is 4. The molecule has 0 unspecified atom stereocenters. The summed E-state index contributed by atoms with van der Waals surface area (Å²) >= 11 is 0. The predicted molar refractivity (Wildman–Crippen MR) is 102 cm³/mol. The summed E-state index contributed by atoms with van der Waals surface area (Å²) in [6, 6.07) is 12.2. The van der Waals surface area contributed by atoms with E-state index in [0.717, 1.165) is 16.7 Å². The number of urea groups is 1. The molecule has 3 rings (SSSR count). The van der Waals surface area contributed by atoms with Crippen LogP contribution in [0, 0.1) is 12.8 Å². The van der Waals surface area contributed by atoms with Crippen LogP contribution in [-0.2, 0) is 14.3 Å². The second kappa shape index (κ2) is 7.83. The fourth-order valence-electron chi connectivity index (χ4n) is 2.65. The Labute approximate surface area is 160 Å². The van der Waals surface area contributed by atoms with Crippen LogP contribution in [-0.4, -0.2) is 37.1 Å². The number of aliphatic imine (C=N–C) groups is 1. The Morgan fingerprint density at radius 1 is 1.14 bits per heavy atom. The minimum Gasteiger partial charge on any atom is -0.465 e. The van der Waals surface area contributed by atoms with Gasteiger partial charge in [-0.3, -0.25) is 19.9 Å². The summed E-state index contributed by atoms with van der Waals surface area (Å²) in [4.78, 5) is 53.7. The number of carbonyl (C=O) groups is 4. The number of aryl methyl sites for hydroxylation is 1. The van der Waals surface area contributed by atoms with Crippen molar-refractivity contribution in [3.05, 3.63) is 59.7 Å². The van der Waals surface area contributed by atoms with Crippen LogP contribution in [0.25, 0.3) is 0 Å². The van der Waals surface area contributed by atoms with E-state index in [1.807, 2.05) is 6.92 Å². The summed E-state index contributed by atoms with van der Waals surface area (Å²) in [6.07, 6.45) is 1.15. The highest BCUT2D eigenvalue weighted by atomic mass is 16.5. The van der Waals surface area contributed by atoms with Gasteiger partial charge in [-0.1, -0.05) is 23.8 Å². The number of carbonyl (C=O) groups excluding carboxylic acids is 4. The predicted octanol–water partition coefficient (Wildman–Crippen LogP) is 2.38. The lowest BCUT2D eigenvalue weighted by molar-refractivity contribution is -0.131. The summed E-state index contributed by atoms with van der Waals surface area (Å²) in [5.74, 6) is -3.27. The SMILES string of the molecule is COC(=O)c1cccc(N=C[C@@H]2C(=O)NC(=O)N(c3ccc(C)cc3)C2=O)c1. The standard InChI is InChI=1S/C20H17N3O5/c1-12-6-8-15(9-7-12)23-18(25)16(17(24)22-20(23)27)11-21-14-5-3-4-13(10-14)19(26)28-2/h3-11,16H,1-2H3,(H,22,24,27)/t16-/m1/s1. The summed E-state index contributed by atoms with van der Waals surface area (Å²) in [5, 5.41) is 2.16. The van der Waals surface area contributed by atoms with E-state index in [0.29, 0.717) is 11.4 Å². The molecule has 1 saturated heterocycles. The van der Waals surface area contributed by atoms with Crippen LogP contribution in [0.2, 0.25) is 0 Å². The highest BCUT2D eigenvalue weighted by Gasteiger charge is 2.40. The number of barbiturate groups is 1. The van der Waals surface area contributed by atoms with E-state index in [4.69, 9.17) is 0 Å². The molecule has 8 nitrogen and oxygen atoms in total. The molecule has 2 aromatic carbocycles. The third-order valence-electron chi connectivity index (χ3n) is 4.13. The third kappa shape index (κ3) is 3.80. The second-order valence-corrected chi connectivity index (χ2v) is 6.10. The maximum atomic E-state index is 12.8. The van der Waals surface area contributed by atoms with Gasteiger partial charge in [-0.05, 0) is 37.3 Å². The van der Waals surface area contributed by atoms with Crippen LogP contribution in [0.15, 0.2) is 53.5 Å². The van der Waals surface area contributed by atoms with Gasteiger partial charge >= 0.3 is 12.0 Å². The molecule has 0 aromatic heterocycles. The topological polar surface area (TPSA) is 105 Å². The van der Waals surface area contributed by atoms with E-state index >= 15 is 0 Å². The van der Waals surface area contributed by atoms with Crippen molar-refractivity contribution < 1.29 is 23.9 Å². The Morgan fingerprint density at radius 3 is 2.54 bits per heavy atom. The zero-order valence-corrected chi connectivity index (χ0v) is 15.2. The van der Waals surface area contributed by atoms with Crippen LogP contribution in [0.3, 0.4) is 0 Å². The third-order valence-corrected chi connectivity index (χ3v) is 4.13. The first-order valence-corrected chi connectivity index (χ1v) is 8.38. The van der Waals surface area contributed by atoms with Gasteiger partial charge < -0.3 is 4.74 Å². The first-order chi connectivity index (χ1) is 13.4. The van der Waals surface area contributed by atoms with E-state index in [-0.39, 0.29) is 5.56 Å². The van der Waals surface area contributed by atoms with Gasteiger partial charge in [0, 0.05) is 6.21 Å². The van der Waals surface area contributed by atoms with Crippen molar-refractivity contribution in [3.8, 4) is 0 Å². The lowest BCUT2D eigenvalue weighted by Gasteiger charge is -2.28. The molecular weight excluding hydrogens is 362 g/mol. The zero-order chi connectivity index (χ0) is 20.3. The van der Waals surface area contributed by atoms with Crippen molar-refractivity contribution in [3.63, 3.8) is 0 Å². The molecule has 4 amide bonds. The number of imide groups is 2. The van der Waals surface area contributed by atoms with Crippen molar-refractivity contribution >= 4 is 41.4 Å². The summed E-state index contributed by atoms with van der Waals surface area (Å²) in [6.45, 7) is 1.88. The Balaban J connectivity index is 1.86. The minimum absolute atomic E-state index is 0.285. The van der Waals surface area contributed by atoms with Crippen molar-refractivity contribution in [2.24, 2.45) is 10.9 Å². The maximum Gasteiger partial charge on any atom is 0.337 e. The molecule has 1 aliphatic heterocycles. The van der Waals surface area contributed by atoms with Gasteiger partial charge in [-0.25, -0.2) is 14.5 Å². The number of nitrogens with zero attached hydrogens (tertiary/aromatic N) is 2. The molecule has 0 radical (unpaired) electrons. The first kappa shape index (κ1) is 19.0. The van der Waals surface area contributed by atoms with E-state index in [9.17, 15) is 19.2 Å². The second-order valence-electron chi connectivity index (χ2n) is 6.10. The van der Waals surface area contributed by atoms with Gasteiger partial charge in [-0.2, -0.15) is 0 Å². The Bertz CT molecular complexity index is 982. The summed E-state index contributed by atoms with van der Waals surface area (Å²) in [7, 11) is 1.26. The Kier molecular flexibility index (Phi) is 5.30.